The summed E-state index contributed by atoms with van der Waals surface area (Å²) in [4.78, 5) is 23.2. The van der Waals surface area contributed by atoms with Gasteiger partial charge in [0.25, 0.3) is 0 Å². The van der Waals surface area contributed by atoms with Crippen LogP contribution >= 0.6 is 15.9 Å². The number of esters is 1. The highest BCUT2D eigenvalue weighted by atomic mass is 79.9. The molecule has 2 aromatic rings. The number of carbonyl (C=O) groups is 1. The Balaban J connectivity index is 2.38. The predicted octanol–water partition coefficient (Wildman–Crippen LogP) is 2.66. The maximum atomic E-state index is 12.1. The summed E-state index contributed by atoms with van der Waals surface area (Å²) >= 11 is 3.31. The summed E-state index contributed by atoms with van der Waals surface area (Å²) in [5, 5.41) is 0.506. The molecule has 18 heavy (non-hydrogen) atoms. The molecule has 1 heterocycles. The van der Waals surface area contributed by atoms with Gasteiger partial charge in [0.05, 0.1) is 18.8 Å². The molecule has 0 spiro atoms. The molecule has 0 saturated heterocycles. The molecule has 0 radical (unpaired) electrons. The van der Waals surface area contributed by atoms with Crippen LogP contribution in [-0.4, -0.2) is 13.1 Å². The lowest BCUT2D eigenvalue weighted by Crippen LogP contribution is -2.11. The van der Waals surface area contributed by atoms with Crippen LogP contribution in [-0.2, 0) is 16.0 Å². The summed E-state index contributed by atoms with van der Waals surface area (Å²) in [5.74, 6) is -0.344. The molecule has 5 heteroatoms. The zero-order valence-electron chi connectivity index (χ0n) is 9.73. The molecule has 1 aromatic carbocycles. The van der Waals surface area contributed by atoms with Crippen molar-refractivity contribution >= 4 is 32.9 Å². The second-order valence-corrected chi connectivity index (χ2v) is 4.72. The predicted molar refractivity (Wildman–Crippen MR) is 70.5 cm³/mol. The number of halogens is 1. The molecular weight excluding hydrogens is 300 g/mol. The second-order valence-electron chi connectivity index (χ2n) is 3.81. The minimum absolute atomic E-state index is 0.110. The molecule has 0 unspecified atom stereocenters. The van der Waals surface area contributed by atoms with E-state index in [1.807, 2.05) is 0 Å². The quantitative estimate of drug-likeness (QED) is 0.818. The van der Waals surface area contributed by atoms with Crippen molar-refractivity contribution in [2.45, 2.75) is 12.8 Å². The van der Waals surface area contributed by atoms with Crippen LogP contribution < -0.4 is 5.43 Å². The van der Waals surface area contributed by atoms with E-state index >= 15 is 0 Å². The van der Waals surface area contributed by atoms with Crippen LogP contribution in [0.3, 0.4) is 0 Å². The van der Waals surface area contributed by atoms with Gasteiger partial charge in [-0.1, -0.05) is 15.9 Å². The van der Waals surface area contributed by atoms with Crippen LogP contribution in [0.2, 0.25) is 0 Å². The van der Waals surface area contributed by atoms with Gasteiger partial charge in [0, 0.05) is 16.5 Å². The van der Waals surface area contributed by atoms with Crippen molar-refractivity contribution in [3.8, 4) is 0 Å². The average Bonchev–Trinajstić information content (AvgIpc) is 2.38. The van der Waals surface area contributed by atoms with Gasteiger partial charge < -0.3 is 9.15 Å². The molecule has 0 aliphatic carbocycles. The first-order chi connectivity index (χ1) is 8.61. The standard InChI is InChI=1S/C13H11BrO4/c1-17-12(15)5-2-8-7-18-11-4-3-9(14)6-10(11)13(8)16/h3-4,6-7H,2,5H2,1H3. The number of fused-ring (bicyclic) bond motifs is 1. The van der Waals surface area contributed by atoms with Crippen molar-refractivity contribution in [2.75, 3.05) is 7.11 Å². The summed E-state index contributed by atoms with van der Waals surface area (Å²) in [7, 11) is 1.32. The van der Waals surface area contributed by atoms with Gasteiger partial charge in [-0.25, -0.2) is 0 Å². The summed E-state index contributed by atoms with van der Waals surface area (Å²) in [5.41, 5.74) is 0.900. The molecule has 94 valence electrons. The Kier molecular flexibility index (Phi) is 3.81. The van der Waals surface area contributed by atoms with Crippen molar-refractivity contribution in [3.63, 3.8) is 0 Å². The van der Waals surface area contributed by atoms with E-state index in [2.05, 4.69) is 20.7 Å². The highest BCUT2D eigenvalue weighted by Crippen LogP contribution is 2.17. The Morgan fingerprint density at radius 2 is 2.22 bits per heavy atom. The van der Waals surface area contributed by atoms with Crippen LogP contribution in [0.25, 0.3) is 11.0 Å². The molecule has 0 fully saturated rings. The molecule has 0 atom stereocenters. The smallest absolute Gasteiger partial charge is 0.305 e. The van der Waals surface area contributed by atoms with Crippen molar-refractivity contribution < 1.29 is 13.9 Å². The van der Waals surface area contributed by atoms with E-state index in [0.717, 1.165) is 4.47 Å². The Morgan fingerprint density at radius 1 is 1.44 bits per heavy atom. The summed E-state index contributed by atoms with van der Waals surface area (Å²) in [6.07, 6.45) is 1.89. The van der Waals surface area contributed by atoms with Gasteiger partial charge in [-0.15, -0.1) is 0 Å². The molecule has 0 saturated carbocycles. The zero-order chi connectivity index (χ0) is 13.1. The maximum absolute atomic E-state index is 12.1. The summed E-state index contributed by atoms with van der Waals surface area (Å²) < 4.78 is 10.7. The minimum Gasteiger partial charge on any atom is -0.469 e. The molecule has 0 bridgehead atoms. The van der Waals surface area contributed by atoms with E-state index in [4.69, 9.17) is 4.42 Å². The van der Waals surface area contributed by atoms with E-state index in [-0.39, 0.29) is 17.8 Å². The first kappa shape index (κ1) is 12.8. The second kappa shape index (κ2) is 5.35. The minimum atomic E-state index is -0.344. The van der Waals surface area contributed by atoms with Gasteiger partial charge in [-0.05, 0) is 24.6 Å². The van der Waals surface area contributed by atoms with E-state index in [1.165, 1.54) is 13.4 Å². The molecule has 0 N–H and O–H groups in total. The fraction of sp³-hybridized carbons (Fsp3) is 0.231. The molecular formula is C13H11BrO4. The lowest BCUT2D eigenvalue weighted by Gasteiger charge is -2.02. The molecule has 0 amide bonds. The largest absolute Gasteiger partial charge is 0.469 e. The van der Waals surface area contributed by atoms with E-state index in [0.29, 0.717) is 23.0 Å². The van der Waals surface area contributed by atoms with Crippen LogP contribution in [0, 0.1) is 0 Å². The van der Waals surface area contributed by atoms with Gasteiger partial charge in [0.1, 0.15) is 5.58 Å². The van der Waals surface area contributed by atoms with Crippen molar-refractivity contribution in [2.24, 2.45) is 0 Å². The number of benzene rings is 1. The number of rotatable bonds is 3. The fourth-order valence-corrected chi connectivity index (χ4v) is 2.02. The Bertz CT molecular complexity index is 645. The SMILES string of the molecule is COC(=O)CCc1coc2ccc(Br)cc2c1=O. The first-order valence-electron chi connectivity index (χ1n) is 5.38. The van der Waals surface area contributed by atoms with E-state index in [1.54, 1.807) is 18.2 Å². The van der Waals surface area contributed by atoms with Crippen LogP contribution in [0.15, 0.2) is 38.1 Å². The number of hydrogen-bond donors (Lipinski definition) is 0. The number of hydrogen-bond acceptors (Lipinski definition) is 4. The van der Waals surface area contributed by atoms with E-state index < -0.39 is 0 Å². The summed E-state index contributed by atoms with van der Waals surface area (Å²) in [6.45, 7) is 0. The lowest BCUT2D eigenvalue weighted by molar-refractivity contribution is -0.140. The number of methoxy groups -OCH3 is 1. The van der Waals surface area contributed by atoms with Crippen molar-refractivity contribution in [1.29, 1.82) is 0 Å². The van der Waals surface area contributed by atoms with E-state index in [9.17, 15) is 9.59 Å². The fourth-order valence-electron chi connectivity index (χ4n) is 1.65. The summed E-state index contributed by atoms with van der Waals surface area (Å²) in [6, 6.07) is 5.24. The van der Waals surface area contributed by atoms with Crippen molar-refractivity contribution in [1.82, 2.24) is 0 Å². The van der Waals surface area contributed by atoms with Gasteiger partial charge in [-0.2, -0.15) is 0 Å². The topological polar surface area (TPSA) is 56.5 Å². The highest BCUT2D eigenvalue weighted by Gasteiger charge is 2.09. The van der Waals surface area contributed by atoms with Gasteiger partial charge in [0.2, 0.25) is 0 Å². The third kappa shape index (κ3) is 2.61. The Labute approximate surface area is 112 Å². The number of carbonyl (C=O) groups excluding carboxylic acids is 1. The molecule has 2 rings (SSSR count). The van der Waals surface area contributed by atoms with Crippen LogP contribution in [0.4, 0.5) is 0 Å². The van der Waals surface area contributed by atoms with Gasteiger partial charge in [0.15, 0.2) is 5.43 Å². The Morgan fingerprint density at radius 3 is 2.94 bits per heavy atom. The third-order valence-corrected chi connectivity index (χ3v) is 3.13. The Hall–Kier alpha value is -1.62. The lowest BCUT2D eigenvalue weighted by atomic mass is 10.1. The van der Waals surface area contributed by atoms with Gasteiger partial charge >= 0.3 is 5.97 Å². The zero-order valence-corrected chi connectivity index (χ0v) is 11.3. The number of aryl methyl sites for hydroxylation is 1. The molecule has 4 nitrogen and oxygen atoms in total. The molecule has 0 aliphatic rings. The van der Waals surface area contributed by atoms with Crippen LogP contribution in [0.5, 0.6) is 0 Å². The molecule has 1 aromatic heterocycles. The molecule has 0 aliphatic heterocycles. The monoisotopic (exact) mass is 310 g/mol. The third-order valence-electron chi connectivity index (χ3n) is 2.63. The van der Waals surface area contributed by atoms with Crippen molar-refractivity contribution in [3.05, 3.63) is 44.7 Å². The highest BCUT2D eigenvalue weighted by molar-refractivity contribution is 9.10. The average molecular weight is 311 g/mol. The van der Waals surface area contributed by atoms with Gasteiger partial charge in [-0.3, -0.25) is 9.59 Å². The van der Waals surface area contributed by atoms with Crippen LogP contribution in [0.1, 0.15) is 12.0 Å². The number of ether oxygens (including phenoxy) is 1. The first-order valence-corrected chi connectivity index (χ1v) is 6.18. The maximum Gasteiger partial charge on any atom is 0.305 e. The normalized spacial score (nSPS) is 10.6.